The van der Waals surface area contributed by atoms with Gasteiger partial charge in [-0.2, -0.15) is 0 Å². The highest BCUT2D eigenvalue weighted by molar-refractivity contribution is 5.70. The molecule has 1 rings (SSSR count). The lowest BCUT2D eigenvalue weighted by Crippen LogP contribution is -2.35. The van der Waals surface area contributed by atoms with Gasteiger partial charge in [0, 0.05) is 12.0 Å². The van der Waals surface area contributed by atoms with Crippen molar-refractivity contribution in [2.75, 3.05) is 6.61 Å². The third kappa shape index (κ3) is 5.51. The lowest BCUT2D eigenvalue weighted by Gasteiger charge is -2.16. The van der Waals surface area contributed by atoms with Crippen molar-refractivity contribution < 1.29 is 9.53 Å². The molecule has 3 nitrogen and oxygen atoms in total. The van der Waals surface area contributed by atoms with Gasteiger partial charge in [-0.05, 0) is 19.4 Å². The minimum absolute atomic E-state index is 0.233. The van der Waals surface area contributed by atoms with E-state index in [1.807, 2.05) is 44.2 Å². The molecule has 0 heterocycles. The zero-order valence-electron chi connectivity index (χ0n) is 9.90. The molecule has 0 aliphatic rings. The molecule has 1 aromatic rings. The van der Waals surface area contributed by atoms with Crippen LogP contribution in [0.2, 0.25) is 0 Å². The molecule has 0 aliphatic carbocycles. The molecule has 16 heavy (non-hydrogen) atoms. The molecule has 0 radical (unpaired) electrons. The summed E-state index contributed by atoms with van der Waals surface area (Å²) in [6.07, 6.45) is 0.999. The maximum Gasteiger partial charge on any atom is 0.307 e. The molecule has 0 unspecified atom stereocenters. The summed E-state index contributed by atoms with van der Waals surface area (Å²) in [5, 5.41) is 0. The highest BCUT2D eigenvalue weighted by Crippen LogP contribution is 2.05. The molecule has 0 bridgehead atoms. The Hall–Kier alpha value is -1.35. The van der Waals surface area contributed by atoms with Crippen LogP contribution in [0, 0.1) is 0 Å². The first-order chi connectivity index (χ1) is 7.47. The van der Waals surface area contributed by atoms with Crippen molar-refractivity contribution >= 4 is 5.97 Å². The van der Waals surface area contributed by atoms with Crippen LogP contribution in [0.4, 0.5) is 0 Å². The van der Waals surface area contributed by atoms with Crippen molar-refractivity contribution in [3.05, 3.63) is 35.9 Å². The summed E-state index contributed by atoms with van der Waals surface area (Å²) >= 11 is 0. The molecule has 0 amide bonds. The van der Waals surface area contributed by atoms with Crippen molar-refractivity contribution in [2.45, 2.75) is 32.2 Å². The molecule has 0 spiro atoms. The first-order valence-electron chi connectivity index (χ1n) is 5.46. The molecule has 0 atom stereocenters. The zero-order valence-corrected chi connectivity index (χ0v) is 9.90. The summed E-state index contributed by atoms with van der Waals surface area (Å²) in [6, 6.07) is 9.94. The number of benzene rings is 1. The lowest BCUT2D eigenvalue weighted by atomic mass is 10.0. The third-order valence-corrected chi connectivity index (χ3v) is 2.10. The number of ether oxygens (including phenoxy) is 1. The molecule has 0 aromatic heterocycles. The Morgan fingerprint density at radius 3 is 2.50 bits per heavy atom. The van der Waals surface area contributed by atoms with Gasteiger partial charge in [0.05, 0.1) is 13.0 Å². The van der Waals surface area contributed by atoms with Crippen molar-refractivity contribution in [1.29, 1.82) is 0 Å². The second-order valence-corrected chi connectivity index (χ2v) is 4.62. The second-order valence-electron chi connectivity index (χ2n) is 4.62. The predicted octanol–water partition coefficient (Wildman–Crippen LogP) is 1.90. The van der Waals surface area contributed by atoms with E-state index >= 15 is 0 Å². The standard InChI is InChI=1S/C13H19NO2/c1-13(2,14)10-12(15)16-9-8-11-6-4-3-5-7-11/h3-7H,8-10,14H2,1-2H3. The molecule has 2 N–H and O–H groups in total. The van der Waals surface area contributed by atoms with Crippen LogP contribution in [-0.4, -0.2) is 18.1 Å². The average Bonchev–Trinajstić information content (AvgIpc) is 2.16. The van der Waals surface area contributed by atoms with Gasteiger partial charge >= 0.3 is 5.97 Å². The van der Waals surface area contributed by atoms with Gasteiger partial charge in [-0.25, -0.2) is 0 Å². The van der Waals surface area contributed by atoms with Crippen molar-refractivity contribution in [1.82, 2.24) is 0 Å². The van der Waals surface area contributed by atoms with Crippen LogP contribution < -0.4 is 5.73 Å². The monoisotopic (exact) mass is 221 g/mol. The normalized spacial score (nSPS) is 11.2. The van der Waals surface area contributed by atoms with Crippen LogP contribution in [0.5, 0.6) is 0 Å². The van der Waals surface area contributed by atoms with Gasteiger partial charge in [-0.3, -0.25) is 4.79 Å². The summed E-state index contributed by atoms with van der Waals surface area (Å²) in [5.74, 6) is -0.233. The zero-order chi connectivity index (χ0) is 12.0. The van der Waals surface area contributed by atoms with E-state index in [0.29, 0.717) is 6.61 Å². The van der Waals surface area contributed by atoms with Crippen LogP contribution in [0.15, 0.2) is 30.3 Å². The summed E-state index contributed by atoms with van der Waals surface area (Å²) in [5.41, 5.74) is 6.39. The number of hydrogen-bond donors (Lipinski definition) is 1. The summed E-state index contributed by atoms with van der Waals surface area (Å²) < 4.78 is 5.10. The molecule has 3 heteroatoms. The van der Waals surface area contributed by atoms with E-state index in [4.69, 9.17) is 10.5 Å². The Balaban J connectivity index is 2.24. The summed E-state index contributed by atoms with van der Waals surface area (Å²) in [6.45, 7) is 4.04. The second kappa shape index (κ2) is 5.66. The fourth-order valence-corrected chi connectivity index (χ4v) is 1.35. The highest BCUT2D eigenvalue weighted by Gasteiger charge is 2.17. The third-order valence-electron chi connectivity index (χ3n) is 2.10. The number of rotatable bonds is 5. The first-order valence-corrected chi connectivity index (χ1v) is 5.46. The highest BCUT2D eigenvalue weighted by atomic mass is 16.5. The Labute approximate surface area is 96.6 Å². The van der Waals surface area contributed by atoms with Crippen LogP contribution in [0.25, 0.3) is 0 Å². The Kier molecular flexibility index (Phi) is 4.50. The largest absolute Gasteiger partial charge is 0.465 e. The van der Waals surface area contributed by atoms with E-state index in [-0.39, 0.29) is 12.4 Å². The molecule has 0 fully saturated rings. The van der Waals surface area contributed by atoms with E-state index in [9.17, 15) is 4.79 Å². The van der Waals surface area contributed by atoms with E-state index in [1.165, 1.54) is 5.56 Å². The maximum absolute atomic E-state index is 11.3. The SMILES string of the molecule is CC(C)(N)CC(=O)OCCc1ccccc1. The molecule has 1 aromatic carbocycles. The fraction of sp³-hybridized carbons (Fsp3) is 0.462. The average molecular weight is 221 g/mol. The van der Waals surface area contributed by atoms with Gasteiger partial charge in [-0.15, -0.1) is 0 Å². The van der Waals surface area contributed by atoms with E-state index in [1.54, 1.807) is 0 Å². The number of carbonyl (C=O) groups is 1. The summed E-state index contributed by atoms with van der Waals surface area (Å²) in [7, 11) is 0. The molecular weight excluding hydrogens is 202 g/mol. The quantitative estimate of drug-likeness (QED) is 0.773. The minimum Gasteiger partial charge on any atom is -0.465 e. The van der Waals surface area contributed by atoms with Crippen molar-refractivity contribution in [2.24, 2.45) is 5.73 Å². The van der Waals surface area contributed by atoms with E-state index in [0.717, 1.165) is 6.42 Å². The molecule has 0 saturated heterocycles. The van der Waals surface area contributed by atoms with Gasteiger partial charge in [0.2, 0.25) is 0 Å². The molecule has 0 saturated carbocycles. The van der Waals surface area contributed by atoms with E-state index in [2.05, 4.69) is 0 Å². The van der Waals surface area contributed by atoms with Crippen LogP contribution in [-0.2, 0) is 16.0 Å². The van der Waals surface area contributed by atoms with Crippen LogP contribution >= 0.6 is 0 Å². The maximum atomic E-state index is 11.3. The van der Waals surface area contributed by atoms with Gasteiger partial charge in [-0.1, -0.05) is 30.3 Å². The van der Waals surface area contributed by atoms with Crippen LogP contribution in [0.1, 0.15) is 25.8 Å². The van der Waals surface area contributed by atoms with Gasteiger partial charge in [0.1, 0.15) is 0 Å². The number of hydrogen-bond acceptors (Lipinski definition) is 3. The Morgan fingerprint density at radius 2 is 1.94 bits per heavy atom. The van der Waals surface area contributed by atoms with Crippen molar-refractivity contribution in [3.63, 3.8) is 0 Å². The molecular formula is C13H19NO2. The van der Waals surface area contributed by atoms with Crippen LogP contribution in [0.3, 0.4) is 0 Å². The van der Waals surface area contributed by atoms with E-state index < -0.39 is 5.54 Å². The lowest BCUT2D eigenvalue weighted by molar-refractivity contribution is -0.144. The topological polar surface area (TPSA) is 52.3 Å². The van der Waals surface area contributed by atoms with Gasteiger partial charge in [0.25, 0.3) is 0 Å². The molecule has 88 valence electrons. The van der Waals surface area contributed by atoms with Gasteiger partial charge < -0.3 is 10.5 Å². The Bertz CT molecular complexity index is 328. The number of esters is 1. The smallest absolute Gasteiger partial charge is 0.307 e. The first kappa shape index (κ1) is 12.7. The predicted molar refractivity (Wildman–Crippen MR) is 64.0 cm³/mol. The summed E-state index contributed by atoms with van der Waals surface area (Å²) in [4.78, 5) is 11.3. The minimum atomic E-state index is -0.496. The van der Waals surface area contributed by atoms with Crippen molar-refractivity contribution in [3.8, 4) is 0 Å². The molecule has 0 aliphatic heterocycles. The van der Waals surface area contributed by atoms with Gasteiger partial charge in [0.15, 0.2) is 0 Å². The Morgan fingerprint density at radius 1 is 1.31 bits per heavy atom. The fourth-order valence-electron chi connectivity index (χ4n) is 1.35. The number of nitrogens with two attached hydrogens (primary N) is 1. The number of carbonyl (C=O) groups excluding carboxylic acids is 1.